The molecular formula is C16H24N4O3. The van der Waals surface area contributed by atoms with E-state index in [2.05, 4.69) is 34.7 Å². The fourth-order valence-electron chi connectivity index (χ4n) is 2.06. The Hall–Kier alpha value is -2.57. The third-order valence-electron chi connectivity index (χ3n) is 3.33. The minimum absolute atomic E-state index is 0.327. The third-order valence-corrected chi connectivity index (χ3v) is 3.33. The van der Waals surface area contributed by atoms with Gasteiger partial charge < -0.3 is 20.9 Å². The number of rotatable bonds is 9. The van der Waals surface area contributed by atoms with E-state index in [9.17, 15) is 14.4 Å². The van der Waals surface area contributed by atoms with Gasteiger partial charge in [0.25, 0.3) is 0 Å². The van der Waals surface area contributed by atoms with E-state index in [1.807, 2.05) is 12.1 Å². The van der Waals surface area contributed by atoms with Crippen LogP contribution in [0.15, 0.2) is 24.3 Å². The SMILES string of the molecule is CCN(CC)c1ccc(NC(=O)C(=O)NCCCNC=O)cc1. The first-order chi connectivity index (χ1) is 11.1. The molecule has 0 spiro atoms. The molecule has 7 heteroatoms. The molecule has 23 heavy (non-hydrogen) atoms. The lowest BCUT2D eigenvalue weighted by Gasteiger charge is -2.21. The molecule has 0 fully saturated rings. The van der Waals surface area contributed by atoms with E-state index in [4.69, 9.17) is 0 Å². The highest BCUT2D eigenvalue weighted by Crippen LogP contribution is 2.17. The molecule has 0 unspecified atom stereocenters. The van der Waals surface area contributed by atoms with Crippen LogP contribution in [0.4, 0.5) is 11.4 Å². The first kappa shape index (κ1) is 18.5. The Morgan fingerprint density at radius 1 is 1.04 bits per heavy atom. The molecule has 7 nitrogen and oxygen atoms in total. The predicted octanol–water partition coefficient (Wildman–Crippen LogP) is 0.724. The molecular weight excluding hydrogens is 296 g/mol. The van der Waals surface area contributed by atoms with Crippen molar-refractivity contribution >= 4 is 29.6 Å². The van der Waals surface area contributed by atoms with Crippen LogP contribution < -0.4 is 20.9 Å². The summed E-state index contributed by atoms with van der Waals surface area (Å²) in [5.41, 5.74) is 1.64. The topological polar surface area (TPSA) is 90.5 Å². The van der Waals surface area contributed by atoms with E-state index < -0.39 is 11.8 Å². The molecule has 0 radical (unpaired) electrons. The van der Waals surface area contributed by atoms with Gasteiger partial charge in [-0.2, -0.15) is 0 Å². The summed E-state index contributed by atoms with van der Waals surface area (Å²) in [6.45, 7) is 6.75. The number of hydrogen-bond donors (Lipinski definition) is 3. The number of amides is 3. The Balaban J connectivity index is 2.44. The van der Waals surface area contributed by atoms with Gasteiger partial charge in [0.1, 0.15) is 0 Å². The Kier molecular flexibility index (Phi) is 8.20. The molecule has 1 rings (SSSR count). The second-order valence-corrected chi connectivity index (χ2v) is 4.85. The van der Waals surface area contributed by atoms with Gasteiger partial charge in [0, 0.05) is 37.6 Å². The van der Waals surface area contributed by atoms with Crippen molar-refractivity contribution in [1.82, 2.24) is 10.6 Å². The minimum atomic E-state index is -0.705. The molecule has 0 bridgehead atoms. The smallest absolute Gasteiger partial charge is 0.313 e. The normalized spacial score (nSPS) is 9.83. The Bertz CT molecular complexity index is 513. The van der Waals surface area contributed by atoms with Crippen LogP contribution in [0.25, 0.3) is 0 Å². The molecule has 0 saturated carbocycles. The van der Waals surface area contributed by atoms with Crippen molar-refractivity contribution in [2.75, 3.05) is 36.4 Å². The van der Waals surface area contributed by atoms with E-state index in [1.165, 1.54) is 0 Å². The summed E-state index contributed by atoms with van der Waals surface area (Å²) >= 11 is 0. The molecule has 3 N–H and O–H groups in total. The summed E-state index contributed by atoms with van der Waals surface area (Å²) < 4.78 is 0. The number of nitrogens with one attached hydrogen (secondary N) is 3. The monoisotopic (exact) mass is 320 g/mol. The van der Waals surface area contributed by atoms with Crippen LogP contribution in [-0.2, 0) is 14.4 Å². The third kappa shape index (κ3) is 6.37. The van der Waals surface area contributed by atoms with Gasteiger partial charge in [-0.3, -0.25) is 14.4 Å². The largest absolute Gasteiger partial charge is 0.372 e. The second kappa shape index (κ2) is 10.2. The zero-order valence-electron chi connectivity index (χ0n) is 13.6. The molecule has 1 aromatic carbocycles. The van der Waals surface area contributed by atoms with Crippen molar-refractivity contribution in [2.24, 2.45) is 0 Å². The summed E-state index contributed by atoms with van der Waals surface area (Å²) in [6, 6.07) is 7.36. The number of carbonyl (C=O) groups excluding carboxylic acids is 3. The lowest BCUT2D eigenvalue weighted by Crippen LogP contribution is -2.36. The number of anilines is 2. The van der Waals surface area contributed by atoms with Crippen LogP contribution in [-0.4, -0.2) is 44.4 Å². The fourth-order valence-corrected chi connectivity index (χ4v) is 2.06. The first-order valence-electron chi connectivity index (χ1n) is 7.73. The van der Waals surface area contributed by atoms with Crippen LogP contribution in [0.3, 0.4) is 0 Å². The summed E-state index contributed by atoms with van der Waals surface area (Å²) in [5, 5.41) is 7.53. The highest BCUT2D eigenvalue weighted by atomic mass is 16.2. The zero-order valence-corrected chi connectivity index (χ0v) is 13.6. The van der Waals surface area contributed by atoms with Crippen LogP contribution in [0.2, 0.25) is 0 Å². The molecule has 0 aliphatic heterocycles. The molecule has 0 aliphatic carbocycles. The molecule has 1 aromatic rings. The van der Waals surface area contributed by atoms with Crippen molar-refractivity contribution in [3.05, 3.63) is 24.3 Å². The number of benzene rings is 1. The van der Waals surface area contributed by atoms with E-state index >= 15 is 0 Å². The highest BCUT2D eigenvalue weighted by Gasteiger charge is 2.13. The van der Waals surface area contributed by atoms with Gasteiger partial charge in [-0.05, 0) is 44.5 Å². The standard InChI is InChI=1S/C16H24N4O3/c1-3-20(4-2)14-8-6-13(7-9-14)19-16(23)15(22)18-11-5-10-17-12-21/h6-9,12H,3-5,10-11H2,1-2H3,(H,17,21)(H,18,22)(H,19,23). The molecule has 3 amide bonds. The Morgan fingerprint density at radius 3 is 2.26 bits per heavy atom. The lowest BCUT2D eigenvalue weighted by molar-refractivity contribution is -0.136. The van der Waals surface area contributed by atoms with Crippen LogP contribution >= 0.6 is 0 Å². The van der Waals surface area contributed by atoms with Crippen LogP contribution in [0.1, 0.15) is 20.3 Å². The summed E-state index contributed by atoms with van der Waals surface area (Å²) in [5.74, 6) is -1.40. The zero-order chi connectivity index (χ0) is 17.1. The Morgan fingerprint density at radius 2 is 1.70 bits per heavy atom. The highest BCUT2D eigenvalue weighted by molar-refractivity contribution is 6.39. The van der Waals surface area contributed by atoms with Gasteiger partial charge in [0.15, 0.2) is 0 Å². The number of nitrogens with zero attached hydrogens (tertiary/aromatic N) is 1. The van der Waals surface area contributed by atoms with Gasteiger partial charge >= 0.3 is 11.8 Å². The van der Waals surface area contributed by atoms with Gasteiger partial charge in [0.2, 0.25) is 6.41 Å². The maximum atomic E-state index is 11.8. The molecule has 0 atom stereocenters. The number of hydrogen-bond acceptors (Lipinski definition) is 4. The maximum absolute atomic E-state index is 11.8. The van der Waals surface area contributed by atoms with E-state index in [0.29, 0.717) is 31.6 Å². The van der Waals surface area contributed by atoms with Crippen molar-refractivity contribution < 1.29 is 14.4 Å². The van der Waals surface area contributed by atoms with Crippen LogP contribution in [0.5, 0.6) is 0 Å². The maximum Gasteiger partial charge on any atom is 0.313 e. The summed E-state index contributed by atoms with van der Waals surface area (Å²) in [4.78, 5) is 35.6. The van der Waals surface area contributed by atoms with Gasteiger partial charge in [-0.25, -0.2) is 0 Å². The summed E-state index contributed by atoms with van der Waals surface area (Å²) in [7, 11) is 0. The molecule has 0 aromatic heterocycles. The molecule has 0 aliphatic rings. The number of carbonyl (C=O) groups is 3. The predicted molar refractivity (Wildman–Crippen MR) is 90.3 cm³/mol. The van der Waals surface area contributed by atoms with E-state index in [-0.39, 0.29) is 0 Å². The van der Waals surface area contributed by atoms with Crippen molar-refractivity contribution in [3.63, 3.8) is 0 Å². The van der Waals surface area contributed by atoms with Gasteiger partial charge in [-0.1, -0.05) is 0 Å². The molecule has 0 saturated heterocycles. The average molecular weight is 320 g/mol. The van der Waals surface area contributed by atoms with Crippen molar-refractivity contribution in [3.8, 4) is 0 Å². The average Bonchev–Trinajstić information content (AvgIpc) is 2.57. The summed E-state index contributed by atoms with van der Waals surface area (Å²) in [6.07, 6.45) is 1.16. The molecule has 126 valence electrons. The quantitative estimate of drug-likeness (QED) is 0.355. The van der Waals surface area contributed by atoms with Crippen LogP contribution in [0, 0.1) is 0 Å². The lowest BCUT2D eigenvalue weighted by atomic mass is 10.2. The first-order valence-corrected chi connectivity index (χ1v) is 7.73. The molecule has 0 heterocycles. The fraction of sp³-hybridized carbons (Fsp3) is 0.438. The van der Waals surface area contributed by atoms with Crippen molar-refractivity contribution in [1.29, 1.82) is 0 Å². The van der Waals surface area contributed by atoms with E-state index in [1.54, 1.807) is 12.1 Å². The second-order valence-electron chi connectivity index (χ2n) is 4.85. The van der Waals surface area contributed by atoms with Gasteiger partial charge in [0.05, 0.1) is 0 Å². The van der Waals surface area contributed by atoms with Gasteiger partial charge in [-0.15, -0.1) is 0 Å². The van der Waals surface area contributed by atoms with E-state index in [0.717, 1.165) is 18.8 Å². The Labute approximate surface area is 136 Å². The van der Waals surface area contributed by atoms with Crippen molar-refractivity contribution in [2.45, 2.75) is 20.3 Å². The minimum Gasteiger partial charge on any atom is -0.372 e.